The molecule has 0 saturated carbocycles. The molecule has 2 N–H and O–H groups in total. The Bertz CT molecular complexity index is 619. The van der Waals surface area contributed by atoms with Crippen LogP contribution in [0.1, 0.15) is 13.8 Å². The third-order valence-corrected chi connectivity index (χ3v) is 3.87. The first-order valence-corrected chi connectivity index (χ1v) is 6.38. The van der Waals surface area contributed by atoms with Crippen molar-refractivity contribution in [3.05, 3.63) is 23.0 Å². The van der Waals surface area contributed by atoms with Gasteiger partial charge in [0.05, 0.1) is 16.1 Å². The quantitative estimate of drug-likeness (QED) is 0.943. The predicted molar refractivity (Wildman–Crippen MR) is 76.9 cm³/mol. The number of likely N-dealkylation sites (N-methyl/N-ethyl adjacent to an activating group) is 1. The van der Waals surface area contributed by atoms with Crippen LogP contribution in [0.25, 0.3) is 11.0 Å². The number of aromatic nitrogens is 2. The molecule has 0 bridgehead atoms. The maximum Gasteiger partial charge on any atom is 0.201 e. The van der Waals surface area contributed by atoms with Crippen LogP contribution in [-0.2, 0) is 6.54 Å². The molecular weight excluding hydrogens is 267 g/mol. The number of imidazole rings is 1. The smallest absolute Gasteiger partial charge is 0.201 e. The van der Waals surface area contributed by atoms with Crippen LogP contribution in [0.4, 0.5) is 10.3 Å². The highest BCUT2D eigenvalue weighted by Gasteiger charge is 2.24. The first-order valence-electron chi connectivity index (χ1n) is 6.00. The van der Waals surface area contributed by atoms with Crippen LogP contribution in [-0.4, -0.2) is 34.1 Å². The average Bonchev–Trinajstić information content (AvgIpc) is 2.56. The third-order valence-electron chi connectivity index (χ3n) is 3.58. The van der Waals surface area contributed by atoms with Crippen LogP contribution in [0, 0.1) is 5.82 Å². The number of anilines is 1. The summed E-state index contributed by atoms with van der Waals surface area (Å²) >= 11 is 5.84. The number of rotatable bonds is 3. The van der Waals surface area contributed by atoms with E-state index in [1.807, 2.05) is 18.7 Å². The molecule has 0 aliphatic heterocycles. The van der Waals surface area contributed by atoms with Crippen molar-refractivity contribution in [1.82, 2.24) is 14.5 Å². The van der Waals surface area contributed by atoms with Gasteiger partial charge in [-0.25, -0.2) is 9.37 Å². The number of halogens is 2. The largest absolute Gasteiger partial charge is 0.369 e. The lowest BCUT2D eigenvalue weighted by Crippen LogP contribution is -2.42. The Labute approximate surface area is 117 Å². The van der Waals surface area contributed by atoms with Crippen molar-refractivity contribution in [2.45, 2.75) is 25.9 Å². The van der Waals surface area contributed by atoms with E-state index in [-0.39, 0.29) is 10.6 Å². The fraction of sp³-hybridized carbons (Fsp3) is 0.462. The Morgan fingerprint density at radius 3 is 2.63 bits per heavy atom. The van der Waals surface area contributed by atoms with Crippen molar-refractivity contribution in [2.75, 3.05) is 19.8 Å². The maximum absolute atomic E-state index is 13.4. The zero-order valence-corrected chi connectivity index (χ0v) is 12.3. The predicted octanol–water partition coefficient (Wildman–Crippen LogP) is 2.75. The molecule has 0 aliphatic carbocycles. The molecular formula is C13H18ClFN4. The Kier molecular flexibility index (Phi) is 3.45. The minimum atomic E-state index is -0.481. The summed E-state index contributed by atoms with van der Waals surface area (Å²) in [5, 5.41) is 0.0799. The van der Waals surface area contributed by atoms with Gasteiger partial charge in [0, 0.05) is 18.2 Å². The maximum atomic E-state index is 13.4. The SMILES string of the molecule is CN(C)C(C)(C)Cn1c(N)nc2cc(F)c(Cl)cc21. The van der Waals surface area contributed by atoms with Gasteiger partial charge in [0.2, 0.25) is 5.95 Å². The summed E-state index contributed by atoms with van der Waals surface area (Å²) in [6.07, 6.45) is 0. The van der Waals surface area contributed by atoms with Crippen molar-refractivity contribution in [2.24, 2.45) is 0 Å². The first kappa shape index (κ1) is 14.1. The monoisotopic (exact) mass is 284 g/mol. The Morgan fingerprint density at radius 2 is 2.05 bits per heavy atom. The molecule has 1 heterocycles. The van der Waals surface area contributed by atoms with Crippen molar-refractivity contribution in [1.29, 1.82) is 0 Å². The molecule has 2 aromatic rings. The number of hydrogen-bond acceptors (Lipinski definition) is 3. The number of nitrogens with zero attached hydrogens (tertiary/aromatic N) is 3. The fourth-order valence-corrected chi connectivity index (χ4v) is 1.99. The lowest BCUT2D eigenvalue weighted by atomic mass is 10.0. The Morgan fingerprint density at radius 1 is 1.42 bits per heavy atom. The summed E-state index contributed by atoms with van der Waals surface area (Å²) in [5.74, 6) is -0.114. The Hall–Kier alpha value is -1.33. The van der Waals surface area contributed by atoms with Gasteiger partial charge < -0.3 is 15.2 Å². The molecule has 19 heavy (non-hydrogen) atoms. The summed E-state index contributed by atoms with van der Waals surface area (Å²) < 4.78 is 15.3. The zero-order chi connectivity index (χ0) is 14.4. The van der Waals surface area contributed by atoms with Crippen LogP contribution < -0.4 is 5.73 Å². The van der Waals surface area contributed by atoms with Crippen LogP contribution in [0.3, 0.4) is 0 Å². The van der Waals surface area contributed by atoms with Crippen molar-refractivity contribution >= 4 is 28.6 Å². The van der Waals surface area contributed by atoms with Crippen LogP contribution in [0.2, 0.25) is 5.02 Å². The number of fused-ring (bicyclic) bond motifs is 1. The second-order valence-corrected chi connectivity index (χ2v) is 5.93. The second-order valence-electron chi connectivity index (χ2n) is 5.52. The van der Waals surface area contributed by atoms with E-state index < -0.39 is 5.82 Å². The fourth-order valence-electron chi connectivity index (χ4n) is 1.83. The molecule has 6 heteroatoms. The van der Waals surface area contributed by atoms with Crippen LogP contribution in [0.15, 0.2) is 12.1 Å². The molecule has 0 saturated heterocycles. The summed E-state index contributed by atoms with van der Waals surface area (Å²) in [4.78, 5) is 6.28. The minimum absolute atomic E-state index is 0.0799. The highest BCUT2D eigenvalue weighted by atomic mass is 35.5. The van der Waals surface area contributed by atoms with Crippen LogP contribution >= 0.6 is 11.6 Å². The molecule has 1 aromatic carbocycles. The molecule has 1 aromatic heterocycles. The first-order chi connectivity index (χ1) is 8.72. The molecule has 0 amide bonds. The third kappa shape index (κ3) is 2.53. The Balaban J connectivity index is 2.54. The van der Waals surface area contributed by atoms with E-state index in [1.165, 1.54) is 6.07 Å². The van der Waals surface area contributed by atoms with Gasteiger partial charge >= 0.3 is 0 Å². The van der Waals surface area contributed by atoms with Gasteiger partial charge in [0.25, 0.3) is 0 Å². The molecule has 0 radical (unpaired) electrons. The highest BCUT2D eigenvalue weighted by molar-refractivity contribution is 6.31. The van der Waals surface area contributed by atoms with E-state index in [0.29, 0.717) is 18.0 Å². The minimum Gasteiger partial charge on any atom is -0.369 e. The van der Waals surface area contributed by atoms with Gasteiger partial charge in [-0.15, -0.1) is 0 Å². The molecule has 0 fully saturated rings. The number of nitrogens with two attached hydrogens (primary N) is 1. The van der Waals surface area contributed by atoms with E-state index >= 15 is 0 Å². The molecule has 0 atom stereocenters. The van der Waals surface area contributed by atoms with Crippen LogP contribution in [0.5, 0.6) is 0 Å². The molecule has 4 nitrogen and oxygen atoms in total. The lowest BCUT2D eigenvalue weighted by molar-refractivity contribution is 0.172. The van der Waals surface area contributed by atoms with E-state index in [2.05, 4.69) is 23.7 Å². The topological polar surface area (TPSA) is 47.1 Å². The molecule has 0 unspecified atom stereocenters. The highest BCUT2D eigenvalue weighted by Crippen LogP contribution is 2.27. The average molecular weight is 285 g/mol. The van der Waals surface area contributed by atoms with Gasteiger partial charge in [-0.05, 0) is 34.0 Å². The molecule has 0 aliphatic rings. The van der Waals surface area contributed by atoms with Gasteiger partial charge in [-0.1, -0.05) is 11.6 Å². The van der Waals surface area contributed by atoms with Crippen molar-refractivity contribution < 1.29 is 4.39 Å². The lowest BCUT2D eigenvalue weighted by Gasteiger charge is -2.33. The van der Waals surface area contributed by atoms with E-state index in [0.717, 1.165) is 5.52 Å². The normalized spacial score (nSPS) is 12.6. The van der Waals surface area contributed by atoms with Crippen molar-refractivity contribution in [3.8, 4) is 0 Å². The van der Waals surface area contributed by atoms with Gasteiger partial charge in [0.15, 0.2) is 0 Å². The van der Waals surface area contributed by atoms with Gasteiger partial charge in [-0.3, -0.25) is 0 Å². The van der Waals surface area contributed by atoms with E-state index in [1.54, 1.807) is 6.07 Å². The standard InChI is InChI=1S/C13H18ClFN4/c1-13(2,18(3)4)7-19-11-5-8(14)9(15)6-10(11)17-12(19)16/h5-6H,7H2,1-4H3,(H2,16,17). The van der Waals surface area contributed by atoms with E-state index in [4.69, 9.17) is 17.3 Å². The van der Waals surface area contributed by atoms with Crippen molar-refractivity contribution in [3.63, 3.8) is 0 Å². The van der Waals surface area contributed by atoms with E-state index in [9.17, 15) is 4.39 Å². The molecule has 0 spiro atoms. The van der Waals surface area contributed by atoms with Gasteiger partial charge in [0.1, 0.15) is 5.82 Å². The summed E-state index contributed by atoms with van der Waals surface area (Å²) in [6.45, 7) is 4.84. The van der Waals surface area contributed by atoms with Gasteiger partial charge in [-0.2, -0.15) is 0 Å². The summed E-state index contributed by atoms with van der Waals surface area (Å²) in [7, 11) is 4.00. The summed E-state index contributed by atoms with van der Waals surface area (Å²) in [5.41, 5.74) is 7.09. The summed E-state index contributed by atoms with van der Waals surface area (Å²) in [6, 6.07) is 2.88. The molecule has 104 valence electrons. The second kappa shape index (κ2) is 4.65. The number of benzene rings is 1. The zero-order valence-electron chi connectivity index (χ0n) is 11.5. The number of nitrogen functional groups attached to an aromatic ring is 1. The number of hydrogen-bond donors (Lipinski definition) is 1. The molecule has 2 rings (SSSR count).